The molecule has 1 aliphatic rings. The molecule has 0 spiro atoms. The average molecular weight is 290 g/mol. The zero-order valence-electron chi connectivity index (χ0n) is 10.3. The zero-order chi connectivity index (χ0) is 14.0. The highest BCUT2D eigenvalue weighted by atomic mass is 32.2. The topological polar surface area (TPSA) is 72.2 Å². The van der Waals surface area contributed by atoms with E-state index in [-0.39, 0.29) is 12.6 Å². The maximum atomic E-state index is 14.0. The minimum atomic E-state index is -3.97. The van der Waals surface area contributed by atoms with Crippen LogP contribution in [0.1, 0.15) is 31.2 Å². The van der Waals surface area contributed by atoms with Crippen molar-refractivity contribution in [1.29, 1.82) is 0 Å². The second-order valence-corrected chi connectivity index (χ2v) is 6.33. The molecule has 1 fully saturated rings. The highest BCUT2D eigenvalue weighted by Crippen LogP contribution is 2.24. The van der Waals surface area contributed by atoms with Gasteiger partial charge in [0.15, 0.2) is 5.82 Å². The van der Waals surface area contributed by atoms with Crippen molar-refractivity contribution >= 4 is 10.0 Å². The summed E-state index contributed by atoms with van der Waals surface area (Å²) < 4.78 is 53.9. The molecular formula is C12H16F2N2O2S. The molecule has 0 bridgehead atoms. The van der Waals surface area contributed by atoms with E-state index in [2.05, 4.69) is 4.72 Å². The molecule has 0 aromatic heterocycles. The Morgan fingerprint density at radius 1 is 1.26 bits per heavy atom. The monoisotopic (exact) mass is 290 g/mol. The Hall–Kier alpha value is -1.05. The van der Waals surface area contributed by atoms with Crippen LogP contribution >= 0.6 is 0 Å². The third-order valence-electron chi connectivity index (χ3n) is 3.32. The number of rotatable bonds is 4. The maximum absolute atomic E-state index is 14.0. The highest BCUT2D eigenvalue weighted by molar-refractivity contribution is 7.89. The lowest BCUT2D eigenvalue weighted by Crippen LogP contribution is -2.33. The summed E-state index contributed by atoms with van der Waals surface area (Å²) in [5.41, 5.74) is 4.82. The van der Waals surface area contributed by atoms with Crippen molar-refractivity contribution in [2.45, 2.75) is 43.2 Å². The Balaban J connectivity index is 2.34. The molecule has 106 valence electrons. The van der Waals surface area contributed by atoms with Crippen LogP contribution in [0.2, 0.25) is 0 Å². The molecule has 0 heterocycles. The van der Waals surface area contributed by atoms with E-state index >= 15 is 0 Å². The molecule has 0 radical (unpaired) electrons. The van der Waals surface area contributed by atoms with Crippen molar-refractivity contribution in [2.75, 3.05) is 0 Å². The molecule has 0 atom stereocenters. The summed E-state index contributed by atoms with van der Waals surface area (Å²) in [7, 11) is -3.97. The predicted molar refractivity (Wildman–Crippen MR) is 66.8 cm³/mol. The normalized spacial score (nSPS) is 17.0. The summed E-state index contributed by atoms with van der Waals surface area (Å²) in [5, 5.41) is 0. The van der Waals surface area contributed by atoms with Crippen LogP contribution in [0.4, 0.5) is 8.78 Å². The molecule has 19 heavy (non-hydrogen) atoms. The van der Waals surface area contributed by atoms with E-state index in [9.17, 15) is 17.2 Å². The number of hydrogen-bond acceptors (Lipinski definition) is 3. The number of hydrogen-bond donors (Lipinski definition) is 2. The fraction of sp³-hybridized carbons (Fsp3) is 0.500. The lowest BCUT2D eigenvalue weighted by atomic mass is 10.2. The second kappa shape index (κ2) is 5.52. The van der Waals surface area contributed by atoms with Gasteiger partial charge < -0.3 is 5.73 Å². The number of benzene rings is 1. The molecule has 0 amide bonds. The number of halogens is 2. The van der Waals surface area contributed by atoms with Crippen molar-refractivity contribution in [2.24, 2.45) is 5.73 Å². The third kappa shape index (κ3) is 2.93. The van der Waals surface area contributed by atoms with Gasteiger partial charge in [0, 0.05) is 18.2 Å². The van der Waals surface area contributed by atoms with Gasteiger partial charge in [0.25, 0.3) is 0 Å². The molecule has 7 heteroatoms. The molecule has 0 unspecified atom stereocenters. The van der Waals surface area contributed by atoms with Gasteiger partial charge in [0.05, 0.1) is 0 Å². The van der Waals surface area contributed by atoms with Crippen LogP contribution in [0.5, 0.6) is 0 Å². The van der Waals surface area contributed by atoms with E-state index in [1.165, 1.54) is 0 Å². The van der Waals surface area contributed by atoms with Gasteiger partial charge >= 0.3 is 0 Å². The van der Waals surface area contributed by atoms with E-state index in [4.69, 9.17) is 5.73 Å². The van der Waals surface area contributed by atoms with Crippen LogP contribution in [-0.4, -0.2) is 14.5 Å². The Morgan fingerprint density at radius 2 is 1.89 bits per heavy atom. The van der Waals surface area contributed by atoms with E-state index in [1.54, 1.807) is 0 Å². The maximum Gasteiger partial charge on any atom is 0.243 e. The fourth-order valence-electron chi connectivity index (χ4n) is 2.30. The van der Waals surface area contributed by atoms with Gasteiger partial charge in [-0.2, -0.15) is 0 Å². The molecule has 1 aromatic carbocycles. The van der Waals surface area contributed by atoms with Crippen LogP contribution in [0.25, 0.3) is 0 Å². The van der Waals surface area contributed by atoms with Crippen molar-refractivity contribution in [3.05, 3.63) is 29.3 Å². The van der Waals surface area contributed by atoms with Crippen LogP contribution in [0.3, 0.4) is 0 Å². The Bertz CT molecular complexity index is 569. The molecule has 1 aromatic rings. The zero-order valence-corrected chi connectivity index (χ0v) is 11.1. The lowest BCUT2D eigenvalue weighted by Gasteiger charge is -2.14. The van der Waals surface area contributed by atoms with Gasteiger partial charge in [0.2, 0.25) is 10.0 Å². The molecule has 3 N–H and O–H groups in total. The predicted octanol–water partition coefficient (Wildman–Crippen LogP) is 1.64. The summed E-state index contributed by atoms with van der Waals surface area (Å²) in [6, 6.07) is 1.69. The van der Waals surface area contributed by atoms with Crippen LogP contribution in [-0.2, 0) is 16.6 Å². The van der Waals surface area contributed by atoms with Gasteiger partial charge in [-0.1, -0.05) is 12.8 Å². The van der Waals surface area contributed by atoms with Gasteiger partial charge in [-0.25, -0.2) is 21.9 Å². The summed E-state index contributed by atoms with van der Waals surface area (Å²) in [5.74, 6) is -1.94. The van der Waals surface area contributed by atoms with E-state index in [1.807, 2.05) is 0 Å². The minimum Gasteiger partial charge on any atom is -0.326 e. The summed E-state index contributed by atoms with van der Waals surface area (Å²) >= 11 is 0. The quantitative estimate of drug-likeness (QED) is 0.885. The van der Waals surface area contributed by atoms with Crippen molar-refractivity contribution in [3.8, 4) is 0 Å². The van der Waals surface area contributed by atoms with Gasteiger partial charge in [-0.05, 0) is 25.0 Å². The van der Waals surface area contributed by atoms with E-state index in [0.29, 0.717) is 0 Å². The van der Waals surface area contributed by atoms with Gasteiger partial charge in [-0.15, -0.1) is 0 Å². The van der Waals surface area contributed by atoms with Crippen molar-refractivity contribution in [1.82, 2.24) is 4.72 Å². The van der Waals surface area contributed by atoms with E-state index < -0.39 is 32.1 Å². The first kappa shape index (κ1) is 14.4. The Labute approximate surface area is 111 Å². The smallest absolute Gasteiger partial charge is 0.243 e. The SMILES string of the molecule is NCc1c(F)ccc(S(=O)(=O)NC2CCCC2)c1F. The molecule has 4 nitrogen and oxygen atoms in total. The second-order valence-electron chi connectivity index (χ2n) is 4.64. The van der Waals surface area contributed by atoms with Crippen molar-refractivity contribution in [3.63, 3.8) is 0 Å². The Morgan fingerprint density at radius 3 is 2.47 bits per heavy atom. The number of sulfonamides is 1. The van der Waals surface area contributed by atoms with Crippen LogP contribution in [0.15, 0.2) is 17.0 Å². The minimum absolute atomic E-state index is 0.171. The summed E-state index contributed by atoms with van der Waals surface area (Å²) in [6.45, 7) is -0.384. The summed E-state index contributed by atoms with van der Waals surface area (Å²) in [6.07, 6.45) is 3.39. The van der Waals surface area contributed by atoms with Gasteiger partial charge in [-0.3, -0.25) is 0 Å². The number of nitrogens with one attached hydrogen (secondary N) is 1. The summed E-state index contributed by atoms with van der Waals surface area (Å²) in [4.78, 5) is -0.541. The first-order valence-electron chi connectivity index (χ1n) is 6.15. The third-order valence-corrected chi connectivity index (χ3v) is 4.86. The highest BCUT2D eigenvalue weighted by Gasteiger charge is 2.27. The fourth-order valence-corrected chi connectivity index (χ4v) is 3.71. The van der Waals surface area contributed by atoms with Crippen LogP contribution < -0.4 is 10.5 Å². The average Bonchev–Trinajstić information content (AvgIpc) is 2.81. The van der Waals surface area contributed by atoms with Crippen molar-refractivity contribution < 1.29 is 17.2 Å². The molecular weight excluding hydrogens is 274 g/mol. The first-order valence-corrected chi connectivity index (χ1v) is 7.63. The van der Waals surface area contributed by atoms with Gasteiger partial charge in [0.1, 0.15) is 10.7 Å². The van der Waals surface area contributed by atoms with Crippen LogP contribution in [0, 0.1) is 11.6 Å². The standard InChI is InChI=1S/C12H16F2N2O2S/c13-10-5-6-11(12(14)9(10)7-15)19(17,18)16-8-3-1-2-4-8/h5-6,8,16H,1-4,7,15H2. The molecule has 0 saturated heterocycles. The molecule has 1 saturated carbocycles. The van der Waals surface area contributed by atoms with E-state index in [0.717, 1.165) is 37.8 Å². The molecule has 2 rings (SSSR count). The first-order chi connectivity index (χ1) is 8.95. The molecule has 0 aliphatic heterocycles. The lowest BCUT2D eigenvalue weighted by molar-refractivity contribution is 0.517. The number of nitrogens with two attached hydrogens (primary N) is 1. The largest absolute Gasteiger partial charge is 0.326 e. The molecule has 1 aliphatic carbocycles. The Kier molecular flexibility index (Phi) is 4.17.